The number of hydroxylamine groups is 2. The van der Waals surface area contributed by atoms with Crippen molar-refractivity contribution in [3.63, 3.8) is 0 Å². The van der Waals surface area contributed by atoms with Gasteiger partial charge in [0, 0.05) is 17.3 Å². The lowest BCUT2D eigenvalue weighted by Crippen LogP contribution is -2.17. The van der Waals surface area contributed by atoms with Gasteiger partial charge in [0.05, 0.1) is 13.2 Å². The highest BCUT2D eigenvalue weighted by Gasteiger charge is 2.14. The van der Waals surface area contributed by atoms with Crippen molar-refractivity contribution < 1.29 is 4.84 Å². The molecule has 0 unspecified atom stereocenters. The lowest BCUT2D eigenvalue weighted by atomic mass is 10.2. The average Bonchev–Trinajstić information content (AvgIpc) is 2.64. The molecule has 1 aromatic carbocycles. The predicted molar refractivity (Wildman–Crippen MR) is 56.8 cm³/mol. The predicted octanol–water partition coefficient (Wildman–Crippen LogP) is 2.06. The number of anilines is 1. The molecule has 1 fully saturated rings. The van der Waals surface area contributed by atoms with E-state index >= 15 is 0 Å². The smallest absolute Gasteiger partial charge is 0.0698 e. The SMILES string of the molecule is Nc1ccc(Cl)c(CN2CCCO2)c1. The maximum Gasteiger partial charge on any atom is 0.0698 e. The molecule has 14 heavy (non-hydrogen) atoms. The van der Waals surface area contributed by atoms with Crippen LogP contribution in [0.3, 0.4) is 0 Å². The van der Waals surface area contributed by atoms with E-state index in [2.05, 4.69) is 0 Å². The molecule has 2 N–H and O–H groups in total. The number of nitrogens with two attached hydrogens (primary N) is 1. The van der Waals surface area contributed by atoms with Crippen LogP contribution in [0.4, 0.5) is 5.69 Å². The zero-order valence-corrected chi connectivity index (χ0v) is 8.63. The number of hydrogen-bond acceptors (Lipinski definition) is 3. The molecular weight excluding hydrogens is 200 g/mol. The van der Waals surface area contributed by atoms with Gasteiger partial charge in [-0.1, -0.05) is 11.6 Å². The topological polar surface area (TPSA) is 38.5 Å². The molecule has 1 aliphatic heterocycles. The molecule has 0 aromatic heterocycles. The molecule has 0 radical (unpaired) electrons. The van der Waals surface area contributed by atoms with E-state index in [0.29, 0.717) is 6.54 Å². The van der Waals surface area contributed by atoms with E-state index in [1.165, 1.54) is 0 Å². The Morgan fingerprint density at radius 3 is 3.07 bits per heavy atom. The Bertz CT molecular complexity index is 324. The molecule has 4 heteroatoms. The first-order valence-corrected chi connectivity index (χ1v) is 5.05. The van der Waals surface area contributed by atoms with Crippen molar-refractivity contribution >= 4 is 17.3 Å². The summed E-state index contributed by atoms with van der Waals surface area (Å²) < 4.78 is 0. The fourth-order valence-corrected chi connectivity index (χ4v) is 1.71. The van der Waals surface area contributed by atoms with Crippen molar-refractivity contribution in [3.8, 4) is 0 Å². The number of hydrogen-bond donors (Lipinski definition) is 1. The van der Waals surface area contributed by atoms with Crippen LogP contribution < -0.4 is 5.73 Å². The van der Waals surface area contributed by atoms with E-state index in [0.717, 1.165) is 35.8 Å². The van der Waals surface area contributed by atoms with Gasteiger partial charge in [-0.2, -0.15) is 5.06 Å². The van der Waals surface area contributed by atoms with Gasteiger partial charge in [0.25, 0.3) is 0 Å². The summed E-state index contributed by atoms with van der Waals surface area (Å²) in [5.74, 6) is 0. The maximum atomic E-state index is 6.04. The largest absolute Gasteiger partial charge is 0.399 e. The minimum atomic E-state index is 0.712. The summed E-state index contributed by atoms with van der Waals surface area (Å²) in [5, 5.41) is 2.66. The van der Waals surface area contributed by atoms with Crippen molar-refractivity contribution in [3.05, 3.63) is 28.8 Å². The molecule has 2 rings (SSSR count). The van der Waals surface area contributed by atoms with Gasteiger partial charge >= 0.3 is 0 Å². The Morgan fingerprint density at radius 2 is 2.36 bits per heavy atom. The molecule has 1 aromatic rings. The van der Waals surface area contributed by atoms with Crippen LogP contribution in [0, 0.1) is 0 Å². The summed E-state index contributed by atoms with van der Waals surface area (Å²) in [6, 6.07) is 5.52. The summed E-state index contributed by atoms with van der Waals surface area (Å²) in [6.45, 7) is 2.48. The fourth-order valence-electron chi connectivity index (χ4n) is 1.53. The van der Waals surface area contributed by atoms with Crippen LogP contribution >= 0.6 is 11.6 Å². The molecule has 0 spiro atoms. The van der Waals surface area contributed by atoms with Crippen LogP contribution in [-0.2, 0) is 11.4 Å². The molecule has 76 valence electrons. The van der Waals surface area contributed by atoms with Gasteiger partial charge in [-0.25, -0.2) is 0 Å². The first-order valence-electron chi connectivity index (χ1n) is 4.67. The van der Waals surface area contributed by atoms with Crippen molar-refractivity contribution in [2.45, 2.75) is 13.0 Å². The first kappa shape index (κ1) is 9.77. The normalized spacial score (nSPS) is 17.5. The molecule has 0 amide bonds. The van der Waals surface area contributed by atoms with Crippen LogP contribution in [0.5, 0.6) is 0 Å². The van der Waals surface area contributed by atoms with Crippen molar-refractivity contribution in [2.24, 2.45) is 0 Å². The highest BCUT2D eigenvalue weighted by molar-refractivity contribution is 6.31. The number of nitrogen functional groups attached to an aromatic ring is 1. The Morgan fingerprint density at radius 1 is 1.50 bits per heavy atom. The van der Waals surface area contributed by atoms with E-state index in [4.69, 9.17) is 22.2 Å². The molecule has 0 saturated carbocycles. The highest BCUT2D eigenvalue weighted by Crippen LogP contribution is 2.21. The number of rotatable bonds is 2. The fraction of sp³-hybridized carbons (Fsp3) is 0.400. The molecule has 0 bridgehead atoms. The van der Waals surface area contributed by atoms with Gasteiger partial charge in [-0.15, -0.1) is 0 Å². The van der Waals surface area contributed by atoms with E-state index in [9.17, 15) is 0 Å². The molecule has 0 aliphatic carbocycles. The minimum absolute atomic E-state index is 0.712. The quantitative estimate of drug-likeness (QED) is 0.763. The van der Waals surface area contributed by atoms with Crippen molar-refractivity contribution in [2.75, 3.05) is 18.9 Å². The zero-order chi connectivity index (χ0) is 9.97. The summed E-state index contributed by atoms with van der Waals surface area (Å²) in [4.78, 5) is 5.39. The lowest BCUT2D eigenvalue weighted by molar-refractivity contribution is -0.117. The van der Waals surface area contributed by atoms with Crippen molar-refractivity contribution in [1.82, 2.24) is 5.06 Å². The monoisotopic (exact) mass is 212 g/mol. The van der Waals surface area contributed by atoms with Gasteiger partial charge in [0.2, 0.25) is 0 Å². The molecule has 1 saturated heterocycles. The third-order valence-corrected chi connectivity index (χ3v) is 2.61. The maximum absolute atomic E-state index is 6.04. The second-order valence-corrected chi connectivity index (χ2v) is 3.81. The van der Waals surface area contributed by atoms with Crippen LogP contribution in [0.25, 0.3) is 0 Å². The number of halogens is 1. The molecular formula is C10H13ClN2O. The second-order valence-electron chi connectivity index (χ2n) is 3.40. The van der Waals surface area contributed by atoms with E-state index < -0.39 is 0 Å². The molecule has 0 atom stereocenters. The van der Waals surface area contributed by atoms with E-state index in [-0.39, 0.29) is 0 Å². The Hall–Kier alpha value is -0.770. The van der Waals surface area contributed by atoms with Gasteiger partial charge in [0.1, 0.15) is 0 Å². The van der Waals surface area contributed by atoms with Gasteiger partial charge < -0.3 is 5.73 Å². The average molecular weight is 213 g/mol. The van der Waals surface area contributed by atoms with Crippen LogP contribution in [0.1, 0.15) is 12.0 Å². The Kier molecular flexibility index (Phi) is 2.91. The Labute approximate surface area is 88.4 Å². The number of nitrogens with zero attached hydrogens (tertiary/aromatic N) is 1. The van der Waals surface area contributed by atoms with Gasteiger partial charge in [-0.05, 0) is 30.2 Å². The third-order valence-electron chi connectivity index (χ3n) is 2.24. The molecule has 1 aliphatic rings. The van der Waals surface area contributed by atoms with Crippen LogP contribution in [0.15, 0.2) is 18.2 Å². The number of benzene rings is 1. The summed E-state index contributed by atoms with van der Waals surface area (Å²) in [6.07, 6.45) is 1.08. The molecule has 1 heterocycles. The van der Waals surface area contributed by atoms with Gasteiger partial charge in [-0.3, -0.25) is 4.84 Å². The highest BCUT2D eigenvalue weighted by atomic mass is 35.5. The van der Waals surface area contributed by atoms with Gasteiger partial charge in [0.15, 0.2) is 0 Å². The summed E-state index contributed by atoms with van der Waals surface area (Å²) >= 11 is 6.04. The zero-order valence-electron chi connectivity index (χ0n) is 7.87. The summed E-state index contributed by atoms with van der Waals surface area (Å²) in [7, 11) is 0. The minimum Gasteiger partial charge on any atom is -0.399 e. The molecule has 3 nitrogen and oxygen atoms in total. The lowest BCUT2D eigenvalue weighted by Gasteiger charge is -2.14. The summed E-state index contributed by atoms with van der Waals surface area (Å²) in [5.41, 5.74) is 7.45. The van der Waals surface area contributed by atoms with E-state index in [1.807, 2.05) is 17.2 Å². The second kappa shape index (κ2) is 4.17. The Balaban J connectivity index is 2.10. The van der Waals surface area contributed by atoms with Crippen LogP contribution in [-0.4, -0.2) is 18.2 Å². The van der Waals surface area contributed by atoms with Crippen molar-refractivity contribution in [1.29, 1.82) is 0 Å². The van der Waals surface area contributed by atoms with Crippen LogP contribution in [0.2, 0.25) is 5.02 Å². The standard InChI is InChI=1S/C10H13ClN2O/c11-10-3-2-9(12)6-8(10)7-13-4-1-5-14-13/h2-3,6H,1,4-5,7,12H2. The third kappa shape index (κ3) is 2.18. The van der Waals surface area contributed by atoms with E-state index in [1.54, 1.807) is 6.07 Å². The first-order chi connectivity index (χ1) is 6.75.